The van der Waals surface area contributed by atoms with Crippen LogP contribution in [0.5, 0.6) is 0 Å². The third kappa shape index (κ3) is 2.60. The topological polar surface area (TPSA) is 0 Å². The molecule has 0 aromatic heterocycles. The molecule has 2 heteroatoms. The summed E-state index contributed by atoms with van der Waals surface area (Å²) < 4.78 is 1.36. The van der Waals surface area contributed by atoms with Crippen molar-refractivity contribution in [2.24, 2.45) is 5.92 Å². The van der Waals surface area contributed by atoms with Gasteiger partial charge >= 0.3 is 0 Å². The van der Waals surface area contributed by atoms with Crippen molar-refractivity contribution >= 4 is 30.1 Å². The summed E-state index contributed by atoms with van der Waals surface area (Å²) in [6.45, 7) is 7.53. The van der Waals surface area contributed by atoms with Crippen LogP contribution in [0.2, 0.25) is 13.1 Å². The number of hydrogen-bond donors (Lipinski definition) is 0. The van der Waals surface area contributed by atoms with Crippen LogP contribution in [0.3, 0.4) is 0 Å². The lowest BCUT2D eigenvalue weighted by molar-refractivity contribution is 0.637. The Labute approximate surface area is 172 Å². The van der Waals surface area contributed by atoms with Crippen molar-refractivity contribution in [1.29, 1.82) is 0 Å². The van der Waals surface area contributed by atoms with Crippen LogP contribution in [-0.4, -0.2) is 8.07 Å². The number of rotatable bonds is 2. The second-order valence-corrected chi connectivity index (χ2v) is 14.5. The summed E-state index contributed by atoms with van der Waals surface area (Å²) in [5.41, 5.74) is 9.98. The Balaban J connectivity index is 1.63. The van der Waals surface area contributed by atoms with Crippen LogP contribution >= 0.6 is 15.9 Å². The summed E-state index contributed by atoms with van der Waals surface area (Å²) in [5, 5.41) is 1.70. The second-order valence-electron chi connectivity index (χ2n) is 9.05. The number of allylic oxidation sites excluding steroid dienone is 9. The second kappa shape index (κ2) is 6.32. The maximum Gasteiger partial charge on any atom is 0.0927 e. The zero-order chi connectivity index (χ0) is 18.8. The van der Waals surface area contributed by atoms with Gasteiger partial charge < -0.3 is 0 Å². The van der Waals surface area contributed by atoms with Crippen LogP contribution in [0.4, 0.5) is 0 Å². The number of benzene rings is 1. The van der Waals surface area contributed by atoms with E-state index in [9.17, 15) is 0 Å². The number of halogens is 1. The molecule has 2 unspecified atom stereocenters. The lowest BCUT2D eigenvalue weighted by Crippen LogP contribution is -2.37. The molecule has 2 atom stereocenters. The highest BCUT2D eigenvalue weighted by molar-refractivity contribution is 9.12. The molecule has 0 fully saturated rings. The van der Waals surface area contributed by atoms with Crippen LogP contribution in [0.15, 0.2) is 74.5 Å². The van der Waals surface area contributed by atoms with E-state index in [4.69, 9.17) is 0 Å². The van der Waals surface area contributed by atoms with E-state index in [1.165, 1.54) is 41.3 Å². The molecular weight excluding hydrogens is 408 g/mol. The van der Waals surface area contributed by atoms with E-state index in [-0.39, 0.29) is 0 Å². The Bertz CT molecular complexity index is 983. The number of hydrogen-bond acceptors (Lipinski definition) is 0. The van der Waals surface area contributed by atoms with Crippen molar-refractivity contribution < 1.29 is 0 Å². The quantitative estimate of drug-likeness (QED) is 0.419. The largest absolute Gasteiger partial charge is 0.0927 e. The van der Waals surface area contributed by atoms with Gasteiger partial charge in [0.2, 0.25) is 0 Å². The van der Waals surface area contributed by atoms with Gasteiger partial charge in [-0.05, 0) is 61.0 Å². The normalized spacial score (nSPS) is 26.7. The first-order valence-corrected chi connectivity index (χ1v) is 14.2. The van der Waals surface area contributed by atoms with Gasteiger partial charge in [-0.15, -0.1) is 0 Å². The van der Waals surface area contributed by atoms with Crippen molar-refractivity contribution in [2.75, 3.05) is 0 Å². The smallest absolute Gasteiger partial charge is 0.0787 e. The van der Waals surface area contributed by atoms with Gasteiger partial charge in [-0.3, -0.25) is 0 Å². The highest BCUT2D eigenvalue weighted by Crippen LogP contribution is 2.52. The van der Waals surface area contributed by atoms with Gasteiger partial charge in [-0.2, -0.15) is 0 Å². The summed E-state index contributed by atoms with van der Waals surface area (Å²) in [6, 6.07) is 8.98. The lowest BCUT2D eigenvalue weighted by atomic mass is 9.78. The molecule has 0 saturated carbocycles. The van der Waals surface area contributed by atoms with Gasteiger partial charge in [-0.1, -0.05) is 87.9 Å². The Kier molecular flexibility index (Phi) is 4.14. The Hall–Kier alpha value is -1.38. The van der Waals surface area contributed by atoms with Crippen molar-refractivity contribution in [1.82, 2.24) is 0 Å². The van der Waals surface area contributed by atoms with E-state index in [1.807, 2.05) is 0 Å². The molecule has 0 spiro atoms. The average Bonchev–Trinajstić information content (AvgIpc) is 3.23. The zero-order valence-corrected chi connectivity index (χ0v) is 19.1. The van der Waals surface area contributed by atoms with E-state index < -0.39 is 8.07 Å². The van der Waals surface area contributed by atoms with Crippen LogP contribution in [-0.2, 0) is 0 Å². The van der Waals surface area contributed by atoms with Gasteiger partial charge in [0, 0.05) is 15.9 Å². The van der Waals surface area contributed by atoms with E-state index in [2.05, 4.69) is 84.5 Å². The van der Waals surface area contributed by atoms with Crippen molar-refractivity contribution in [3.05, 3.63) is 85.6 Å². The average molecular weight is 435 g/mol. The predicted octanol–water partition coefficient (Wildman–Crippen LogP) is 7.62. The Morgan fingerprint density at radius 3 is 2.70 bits per heavy atom. The molecule has 0 bridgehead atoms. The van der Waals surface area contributed by atoms with E-state index in [1.54, 1.807) is 27.5 Å². The van der Waals surface area contributed by atoms with Gasteiger partial charge in [-0.25, -0.2) is 0 Å². The third-order valence-corrected chi connectivity index (χ3v) is 11.9. The molecule has 0 heterocycles. The van der Waals surface area contributed by atoms with Crippen molar-refractivity contribution in [3.8, 4) is 0 Å². The maximum atomic E-state index is 3.94. The lowest BCUT2D eigenvalue weighted by Gasteiger charge is -2.35. The molecule has 0 N–H and O–H groups in total. The van der Waals surface area contributed by atoms with Gasteiger partial charge in [0.15, 0.2) is 0 Å². The van der Waals surface area contributed by atoms with Crippen LogP contribution in [0.1, 0.15) is 49.3 Å². The fourth-order valence-corrected chi connectivity index (χ4v) is 10.6. The fourth-order valence-electron chi connectivity index (χ4n) is 5.94. The molecule has 0 nitrogen and oxygen atoms in total. The fraction of sp³-hybridized carbons (Fsp3) is 0.360. The minimum absolute atomic E-state index is 0.545. The van der Waals surface area contributed by atoms with Crippen molar-refractivity contribution in [2.45, 2.75) is 51.2 Å². The molecule has 1 aromatic carbocycles. The van der Waals surface area contributed by atoms with E-state index in [0.29, 0.717) is 11.5 Å². The first-order valence-electron chi connectivity index (χ1n) is 10.3. The Morgan fingerprint density at radius 2 is 1.85 bits per heavy atom. The molecule has 0 radical (unpaired) electrons. The third-order valence-electron chi connectivity index (χ3n) is 7.11. The molecule has 27 heavy (non-hydrogen) atoms. The zero-order valence-electron chi connectivity index (χ0n) is 16.5. The molecule has 0 aliphatic heterocycles. The van der Waals surface area contributed by atoms with E-state index in [0.717, 1.165) is 0 Å². The monoisotopic (exact) mass is 434 g/mol. The molecule has 138 valence electrons. The maximum absolute atomic E-state index is 3.94. The molecule has 0 saturated heterocycles. The summed E-state index contributed by atoms with van der Waals surface area (Å²) >= 11 is 3.94. The molecule has 4 aliphatic carbocycles. The standard InChI is InChI=1S/C25H27BrSi/c1-16-14-21-19-10-6-7-11-20(19)23(26)15-22(21)25(16)27(2,3)24-13-12-17-8-4-5-9-18(17)24/h4-5,8-9,12-15,21,24H,6-7,10-11H2,1-3H3. The summed E-state index contributed by atoms with van der Waals surface area (Å²) in [4.78, 5) is 0. The molecular formula is C25H27BrSi. The van der Waals surface area contributed by atoms with Crippen LogP contribution in [0.25, 0.3) is 6.08 Å². The summed E-state index contributed by atoms with van der Waals surface area (Å²) in [5.74, 6) is 0.545. The van der Waals surface area contributed by atoms with Gasteiger partial charge in [0.1, 0.15) is 0 Å². The summed E-state index contributed by atoms with van der Waals surface area (Å²) in [6.07, 6.45) is 15.1. The number of fused-ring (bicyclic) bond motifs is 3. The first kappa shape index (κ1) is 17.7. The Morgan fingerprint density at radius 1 is 1.07 bits per heavy atom. The van der Waals surface area contributed by atoms with Crippen LogP contribution < -0.4 is 0 Å². The molecule has 5 rings (SSSR count). The van der Waals surface area contributed by atoms with Gasteiger partial charge in [0.05, 0.1) is 8.07 Å². The van der Waals surface area contributed by atoms with Crippen LogP contribution in [0, 0.1) is 5.92 Å². The van der Waals surface area contributed by atoms with E-state index >= 15 is 0 Å². The molecule has 0 amide bonds. The summed E-state index contributed by atoms with van der Waals surface area (Å²) in [7, 11) is -1.71. The molecule has 1 aromatic rings. The SMILES string of the molecule is CC1=CC2C(=C1[Si](C)(C)C1C=Cc3ccccc31)C=C(Br)C1=C2CCCC1. The minimum atomic E-state index is -1.71. The van der Waals surface area contributed by atoms with Gasteiger partial charge in [0.25, 0.3) is 0 Å². The minimum Gasteiger partial charge on any atom is -0.0787 e. The first-order chi connectivity index (χ1) is 13.0. The molecule has 4 aliphatic rings. The highest BCUT2D eigenvalue weighted by atomic mass is 79.9. The highest BCUT2D eigenvalue weighted by Gasteiger charge is 2.43. The van der Waals surface area contributed by atoms with Crippen molar-refractivity contribution in [3.63, 3.8) is 0 Å². The predicted molar refractivity (Wildman–Crippen MR) is 122 cm³/mol.